The van der Waals surface area contributed by atoms with E-state index in [0.29, 0.717) is 6.42 Å². The fourth-order valence-electron chi connectivity index (χ4n) is 0.616. The molecule has 0 saturated carbocycles. The van der Waals surface area contributed by atoms with E-state index >= 15 is 0 Å². The second kappa shape index (κ2) is 3.91. The zero-order valence-electron chi connectivity index (χ0n) is 9.11. The molecule has 1 nitrogen and oxygen atoms in total. The molecule has 0 radical (unpaired) electrons. The van der Waals surface area contributed by atoms with E-state index in [1.807, 2.05) is 0 Å². The maximum Gasteiger partial charge on any atom is 0.132 e. The van der Waals surface area contributed by atoms with Gasteiger partial charge in [-0.25, -0.2) is 0 Å². The standard InChI is InChI=1S/C8H18OSi/c1-5-8(9)6-7-10(2,3)4/h5-7H2,1-4H3/i1D2. The van der Waals surface area contributed by atoms with E-state index in [0.717, 1.165) is 6.04 Å². The van der Waals surface area contributed by atoms with Crippen molar-refractivity contribution in [1.82, 2.24) is 0 Å². The number of hydrogen-bond acceptors (Lipinski definition) is 1. The number of carbonyl (C=O) groups is 1. The average Bonchev–Trinajstić information content (AvgIpc) is 1.80. The lowest BCUT2D eigenvalue weighted by atomic mass is 10.2. The van der Waals surface area contributed by atoms with Gasteiger partial charge in [0.15, 0.2) is 0 Å². The van der Waals surface area contributed by atoms with Crippen LogP contribution in [0.15, 0.2) is 0 Å². The highest BCUT2D eigenvalue weighted by atomic mass is 28.3. The summed E-state index contributed by atoms with van der Waals surface area (Å²) in [5.41, 5.74) is 0. The van der Waals surface area contributed by atoms with Crippen molar-refractivity contribution in [3.05, 3.63) is 0 Å². The first-order valence-electron chi connectivity index (χ1n) is 4.83. The highest BCUT2D eigenvalue weighted by molar-refractivity contribution is 6.76. The van der Waals surface area contributed by atoms with Crippen LogP contribution in [0.4, 0.5) is 0 Å². The Morgan fingerprint density at radius 3 is 2.50 bits per heavy atom. The quantitative estimate of drug-likeness (QED) is 0.578. The van der Waals surface area contributed by atoms with Gasteiger partial charge in [-0.05, 0) is 0 Å². The van der Waals surface area contributed by atoms with E-state index in [2.05, 4.69) is 19.6 Å². The lowest BCUT2D eigenvalue weighted by molar-refractivity contribution is -0.118. The maximum absolute atomic E-state index is 11.1. The molecule has 0 aliphatic carbocycles. The summed E-state index contributed by atoms with van der Waals surface area (Å²) in [6, 6.07) is 0.985. The second-order valence-electron chi connectivity index (χ2n) is 3.80. The predicted octanol–water partition coefficient (Wildman–Crippen LogP) is 2.69. The van der Waals surface area contributed by atoms with E-state index in [1.165, 1.54) is 0 Å². The Hall–Kier alpha value is -0.113. The van der Waals surface area contributed by atoms with Crippen molar-refractivity contribution in [3.63, 3.8) is 0 Å². The highest BCUT2D eigenvalue weighted by Crippen LogP contribution is 2.11. The Kier molecular flexibility index (Phi) is 2.58. The van der Waals surface area contributed by atoms with Crippen molar-refractivity contribution < 1.29 is 7.54 Å². The van der Waals surface area contributed by atoms with E-state index in [9.17, 15) is 4.79 Å². The smallest absolute Gasteiger partial charge is 0.132 e. The van der Waals surface area contributed by atoms with Crippen molar-refractivity contribution in [2.24, 2.45) is 0 Å². The molecule has 0 unspecified atom stereocenters. The van der Waals surface area contributed by atoms with Gasteiger partial charge in [-0.1, -0.05) is 32.6 Å². The van der Waals surface area contributed by atoms with Gasteiger partial charge < -0.3 is 0 Å². The molecular weight excluding hydrogens is 140 g/mol. The highest BCUT2D eigenvalue weighted by Gasteiger charge is 2.13. The number of ketones is 1. The Bertz CT molecular complexity index is 152. The molecule has 2 heteroatoms. The first-order valence-corrected chi connectivity index (χ1v) is 7.38. The molecular formula is C8H18OSi. The topological polar surface area (TPSA) is 17.1 Å². The van der Waals surface area contributed by atoms with Gasteiger partial charge in [0.25, 0.3) is 0 Å². The van der Waals surface area contributed by atoms with Crippen LogP contribution in [0, 0.1) is 0 Å². The third-order valence-corrected chi connectivity index (χ3v) is 3.13. The molecule has 0 atom stereocenters. The summed E-state index contributed by atoms with van der Waals surface area (Å²) in [6.07, 6.45) is 0.675. The van der Waals surface area contributed by atoms with Crippen LogP contribution in [-0.2, 0) is 4.79 Å². The molecule has 0 saturated heterocycles. The van der Waals surface area contributed by atoms with Crippen molar-refractivity contribution in [2.45, 2.75) is 45.4 Å². The Morgan fingerprint density at radius 2 is 2.10 bits per heavy atom. The first-order chi connectivity index (χ1) is 5.31. The molecule has 0 bridgehead atoms. The molecule has 0 spiro atoms. The van der Waals surface area contributed by atoms with Crippen LogP contribution in [0.1, 0.15) is 22.5 Å². The molecule has 0 rings (SSSR count). The van der Waals surface area contributed by atoms with E-state index in [-0.39, 0.29) is 12.2 Å². The molecule has 60 valence electrons. The van der Waals surface area contributed by atoms with Crippen molar-refractivity contribution in [2.75, 3.05) is 0 Å². The summed E-state index contributed by atoms with van der Waals surface area (Å²) in [4.78, 5) is 11.1. The van der Waals surface area contributed by atoms with Crippen molar-refractivity contribution in [1.29, 1.82) is 0 Å². The molecule has 0 aromatic rings. The van der Waals surface area contributed by atoms with Crippen LogP contribution in [0.2, 0.25) is 25.7 Å². The average molecular weight is 160 g/mol. The largest absolute Gasteiger partial charge is 0.300 e. The molecule has 0 amide bonds. The van der Waals surface area contributed by atoms with Gasteiger partial charge in [0.05, 0.1) is 0 Å². The zero-order valence-corrected chi connectivity index (χ0v) is 8.11. The van der Waals surface area contributed by atoms with Gasteiger partial charge in [0, 0.05) is 23.7 Å². The van der Waals surface area contributed by atoms with Gasteiger partial charge in [0.1, 0.15) is 5.78 Å². The summed E-state index contributed by atoms with van der Waals surface area (Å²) in [5.74, 6) is 0.0763. The van der Waals surface area contributed by atoms with Gasteiger partial charge in [0.2, 0.25) is 0 Å². The van der Waals surface area contributed by atoms with Crippen molar-refractivity contribution in [3.8, 4) is 0 Å². The van der Waals surface area contributed by atoms with Crippen LogP contribution in [-0.4, -0.2) is 13.9 Å². The normalized spacial score (nSPS) is 14.8. The number of rotatable bonds is 4. The molecule has 0 heterocycles. The maximum atomic E-state index is 11.1. The summed E-state index contributed by atoms with van der Waals surface area (Å²) in [6.45, 7) is 5.69. The van der Waals surface area contributed by atoms with Gasteiger partial charge in [-0.3, -0.25) is 4.79 Å². The molecule has 0 aromatic heterocycles. The fraction of sp³-hybridized carbons (Fsp3) is 0.875. The van der Waals surface area contributed by atoms with Gasteiger partial charge in [-0.2, -0.15) is 0 Å². The van der Waals surface area contributed by atoms with Crippen molar-refractivity contribution >= 4 is 13.9 Å². The first kappa shape index (κ1) is 6.59. The summed E-state index contributed by atoms with van der Waals surface area (Å²) in [5, 5.41) is 0. The van der Waals surface area contributed by atoms with Crippen LogP contribution in [0.5, 0.6) is 0 Å². The molecule has 0 aromatic carbocycles. The monoisotopic (exact) mass is 160 g/mol. The third-order valence-electron chi connectivity index (χ3n) is 1.38. The molecule has 10 heavy (non-hydrogen) atoms. The predicted molar refractivity (Wildman–Crippen MR) is 48.1 cm³/mol. The Balaban J connectivity index is 3.58. The number of Topliss-reactive ketones (excluding diaryl/α,β-unsaturated/α-hetero) is 1. The Morgan fingerprint density at radius 1 is 1.50 bits per heavy atom. The molecule has 0 fully saturated rings. The van der Waals surface area contributed by atoms with Crippen LogP contribution < -0.4 is 0 Å². The zero-order chi connectivity index (χ0) is 9.78. The van der Waals surface area contributed by atoms with E-state index in [4.69, 9.17) is 2.74 Å². The molecule has 0 N–H and O–H groups in total. The van der Waals surface area contributed by atoms with Crippen LogP contribution >= 0.6 is 0 Å². The lowest BCUT2D eigenvalue weighted by Crippen LogP contribution is -2.20. The van der Waals surface area contributed by atoms with Gasteiger partial charge >= 0.3 is 0 Å². The summed E-state index contributed by atoms with van der Waals surface area (Å²) < 4.78 is 13.8. The third kappa shape index (κ3) is 6.01. The fourth-order valence-corrected chi connectivity index (χ4v) is 1.65. The minimum Gasteiger partial charge on any atom is -0.300 e. The van der Waals surface area contributed by atoms with Crippen LogP contribution in [0.3, 0.4) is 0 Å². The SMILES string of the molecule is [2H]C([2H])CC(=O)CC[Si](C)(C)C. The minimum atomic E-state index is -1.11. The van der Waals surface area contributed by atoms with E-state index in [1.54, 1.807) is 0 Å². The number of carbonyl (C=O) groups excluding carboxylic acids is 1. The number of hydrogen-bond donors (Lipinski definition) is 0. The summed E-state index contributed by atoms with van der Waals surface area (Å²) in [7, 11) is -1.11. The van der Waals surface area contributed by atoms with Gasteiger partial charge in [-0.15, -0.1) is 0 Å². The van der Waals surface area contributed by atoms with E-state index < -0.39 is 14.9 Å². The minimum absolute atomic E-state index is 0.0763. The summed E-state index contributed by atoms with van der Waals surface area (Å²) >= 11 is 0. The lowest BCUT2D eigenvalue weighted by Gasteiger charge is -2.13. The molecule has 0 aliphatic rings. The van der Waals surface area contributed by atoms with Crippen LogP contribution in [0.25, 0.3) is 0 Å². The molecule has 0 aliphatic heterocycles. The second-order valence-corrected chi connectivity index (χ2v) is 9.42. The Labute approximate surface area is 67.6 Å².